The van der Waals surface area contributed by atoms with Crippen molar-refractivity contribution in [1.29, 1.82) is 0 Å². The highest BCUT2D eigenvalue weighted by atomic mass is 15.2. The van der Waals surface area contributed by atoms with Crippen LogP contribution in [0.4, 0.5) is 0 Å². The van der Waals surface area contributed by atoms with Crippen molar-refractivity contribution in [2.45, 2.75) is 64.5 Å². The Balaban J connectivity index is 2.15. The van der Waals surface area contributed by atoms with E-state index < -0.39 is 0 Å². The Morgan fingerprint density at radius 3 is 2.62 bits per heavy atom. The smallest absolute Gasteiger partial charge is 0.0419 e. The van der Waals surface area contributed by atoms with Crippen LogP contribution in [0.15, 0.2) is 24.4 Å². The average molecular weight is 289 g/mol. The largest absolute Gasteiger partial charge is 0.312 e. The normalized spacial score (nSPS) is 20.3. The lowest BCUT2D eigenvalue weighted by atomic mass is 9.84. The number of rotatable bonds is 8. The molecule has 0 bridgehead atoms. The molecular weight excluding hydrogens is 258 g/mol. The van der Waals surface area contributed by atoms with E-state index in [0.29, 0.717) is 6.04 Å². The number of nitrogens with zero attached hydrogens (tertiary/aromatic N) is 2. The van der Waals surface area contributed by atoms with Crippen LogP contribution < -0.4 is 5.32 Å². The number of pyridine rings is 1. The second-order valence-electron chi connectivity index (χ2n) is 6.44. The van der Waals surface area contributed by atoms with E-state index >= 15 is 0 Å². The first-order valence-electron chi connectivity index (χ1n) is 8.59. The summed E-state index contributed by atoms with van der Waals surface area (Å²) in [4.78, 5) is 7.24. The highest BCUT2D eigenvalue weighted by molar-refractivity contribution is 5.09. The maximum atomic E-state index is 4.54. The number of hydrogen-bond donors (Lipinski definition) is 1. The molecule has 1 fully saturated rings. The zero-order chi connectivity index (χ0) is 15.1. The first-order chi connectivity index (χ1) is 10.2. The third-order valence-corrected chi connectivity index (χ3v) is 5.08. The summed E-state index contributed by atoms with van der Waals surface area (Å²) in [5, 5.41) is 3.80. The standard InChI is InChI=1S/C18H31N3/c1-4-11-20-17(15-16-10-6-7-12-19-16)18(3,5-2)21-13-8-9-14-21/h6-7,10,12,17,20H,4-5,8-9,11,13-15H2,1-3H3. The van der Waals surface area contributed by atoms with E-state index in [9.17, 15) is 0 Å². The maximum absolute atomic E-state index is 4.54. The van der Waals surface area contributed by atoms with Gasteiger partial charge in [-0.25, -0.2) is 0 Å². The van der Waals surface area contributed by atoms with Crippen LogP contribution in [0.25, 0.3) is 0 Å². The SMILES string of the molecule is CCCNC(Cc1ccccn1)C(C)(CC)N1CCCC1. The van der Waals surface area contributed by atoms with E-state index in [-0.39, 0.29) is 5.54 Å². The summed E-state index contributed by atoms with van der Waals surface area (Å²) in [5.74, 6) is 0. The molecule has 0 radical (unpaired) electrons. The fourth-order valence-electron chi connectivity index (χ4n) is 3.48. The molecule has 1 N–H and O–H groups in total. The third-order valence-electron chi connectivity index (χ3n) is 5.08. The predicted molar refractivity (Wildman–Crippen MR) is 89.5 cm³/mol. The Morgan fingerprint density at radius 2 is 2.05 bits per heavy atom. The molecule has 1 aromatic heterocycles. The van der Waals surface area contributed by atoms with Crippen LogP contribution in [0.3, 0.4) is 0 Å². The van der Waals surface area contributed by atoms with Crippen molar-refractivity contribution in [2.24, 2.45) is 0 Å². The molecule has 2 atom stereocenters. The van der Waals surface area contributed by atoms with Gasteiger partial charge in [0.05, 0.1) is 0 Å². The summed E-state index contributed by atoms with van der Waals surface area (Å²) < 4.78 is 0. The topological polar surface area (TPSA) is 28.2 Å². The van der Waals surface area contributed by atoms with Gasteiger partial charge >= 0.3 is 0 Å². The van der Waals surface area contributed by atoms with Crippen molar-refractivity contribution < 1.29 is 0 Å². The summed E-state index contributed by atoms with van der Waals surface area (Å²) in [6.07, 6.45) is 7.98. The molecule has 2 heterocycles. The van der Waals surface area contributed by atoms with Crippen molar-refractivity contribution in [2.75, 3.05) is 19.6 Å². The Bertz CT molecular complexity index is 400. The van der Waals surface area contributed by atoms with Crippen LogP contribution in [-0.2, 0) is 6.42 Å². The van der Waals surface area contributed by atoms with E-state index in [0.717, 1.165) is 13.0 Å². The lowest BCUT2D eigenvalue weighted by molar-refractivity contribution is 0.0836. The van der Waals surface area contributed by atoms with E-state index in [2.05, 4.69) is 48.1 Å². The van der Waals surface area contributed by atoms with Gasteiger partial charge in [-0.15, -0.1) is 0 Å². The highest BCUT2D eigenvalue weighted by Crippen LogP contribution is 2.29. The number of likely N-dealkylation sites (tertiary alicyclic amines) is 1. The van der Waals surface area contributed by atoms with Gasteiger partial charge < -0.3 is 5.32 Å². The van der Waals surface area contributed by atoms with Gasteiger partial charge in [0, 0.05) is 29.9 Å². The summed E-state index contributed by atoms with van der Waals surface area (Å²) in [6, 6.07) is 6.71. The van der Waals surface area contributed by atoms with E-state index in [4.69, 9.17) is 0 Å². The third kappa shape index (κ3) is 4.04. The lowest BCUT2D eigenvalue weighted by Crippen LogP contribution is -2.59. The fourth-order valence-corrected chi connectivity index (χ4v) is 3.48. The second kappa shape index (κ2) is 7.90. The summed E-state index contributed by atoms with van der Waals surface area (Å²) in [5.41, 5.74) is 1.42. The van der Waals surface area contributed by atoms with Crippen molar-refractivity contribution in [3.8, 4) is 0 Å². The molecule has 1 aromatic rings. The Labute approximate surface area is 130 Å². The fraction of sp³-hybridized carbons (Fsp3) is 0.722. The van der Waals surface area contributed by atoms with E-state index in [1.54, 1.807) is 0 Å². The van der Waals surface area contributed by atoms with E-state index in [1.165, 1.54) is 44.5 Å². The molecule has 0 amide bonds. The highest BCUT2D eigenvalue weighted by Gasteiger charge is 2.39. The first-order valence-corrected chi connectivity index (χ1v) is 8.59. The Morgan fingerprint density at radius 1 is 1.29 bits per heavy atom. The molecule has 3 nitrogen and oxygen atoms in total. The second-order valence-corrected chi connectivity index (χ2v) is 6.44. The van der Waals surface area contributed by atoms with Crippen molar-refractivity contribution >= 4 is 0 Å². The van der Waals surface area contributed by atoms with Gasteiger partial charge in [0.25, 0.3) is 0 Å². The van der Waals surface area contributed by atoms with Crippen LogP contribution in [0.5, 0.6) is 0 Å². The van der Waals surface area contributed by atoms with Crippen molar-refractivity contribution in [3.05, 3.63) is 30.1 Å². The molecule has 0 aliphatic carbocycles. The van der Waals surface area contributed by atoms with E-state index in [1.807, 2.05) is 12.3 Å². The van der Waals surface area contributed by atoms with Gasteiger partial charge in [-0.2, -0.15) is 0 Å². The predicted octanol–water partition coefficient (Wildman–Crippen LogP) is 3.26. The zero-order valence-corrected chi connectivity index (χ0v) is 13.9. The van der Waals surface area contributed by atoms with Crippen LogP contribution in [-0.4, -0.2) is 41.1 Å². The minimum atomic E-state index is 0.225. The zero-order valence-electron chi connectivity index (χ0n) is 13.9. The molecule has 0 saturated carbocycles. The first kappa shape index (κ1) is 16.4. The van der Waals surface area contributed by atoms with Crippen molar-refractivity contribution in [3.63, 3.8) is 0 Å². The number of hydrogen-bond acceptors (Lipinski definition) is 3. The van der Waals surface area contributed by atoms with Gasteiger partial charge in [-0.3, -0.25) is 9.88 Å². The molecule has 2 rings (SSSR count). The molecule has 2 unspecified atom stereocenters. The number of aromatic nitrogens is 1. The Hall–Kier alpha value is -0.930. The van der Waals surface area contributed by atoms with Gasteiger partial charge in [-0.1, -0.05) is 19.9 Å². The molecule has 118 valence electrons. The number of nitrogens with one attached hydrogen (secondary N) is 1. The van der Waals surface area contributed by atoms with Crippen molar-refractivity contribution in [1.82, 2.24) is 15.2 Å². The average Bonchev–Trinajstić information content (AvgIpc) is 3.06. The summed E-state index contributed by atoms with van der Waals surface area (Å²) in [7, 11) is 0. The monoisotopic (exact) mass is 289 g/mol. The summed E-state index contributed by atoms with van der Waals surface area (Å²) in [6.45, 7) is 10.6. The molecule has 1 saturated heterocycles. The minimum absolute atomic E-state index is 0.225. The van der Waals surface area contributed by atoms with Crippen LogP contribution in [0, 0.1) is 0 Å². The molecule has 3 heteroatoms. The summed E-state index contributed by atoms with van der Waals surface area (Å²) >= 11 is 0. The molecule has 21 heavy (non-hydrogen) atoms. The Kier molecular flexibility index (Phi) is 6.19. The van der Waals surface area contributed by atoms with Gasteiger partial charge in [0.15, 0.2) is 0 Å². The quantitative estimate of drug-likeness (QED) is 0.796. The molecule has 0 spiro atoms. The van der Waals surface area contributed by atoms with Crippen LogP contribution in [0.2, 0.25) is 0 Å². The molecular formula is C18H31N3. The molecule has 1 aliphatic rings. The van der Waals surface area contributed by atoms with Crippen LogP contribution in [0.1, 0.15) is 52.1 Å². The van der Waals surface area contributed by atoms with Gasteiger partial charge in [0.1, 0.15) is 0 Å². The van der Waals surface area contributed by atoms with Gasteiger partial charge in [-0.05, 0) is 64.4 Å². The van der Waals surface area contributed by atoms with Crippen LogP contribution >= 0.6 is 0 Å². The lowest BCUT2D eigenvalue weighted by Gasteiger charge is -2.45. The minimum Gasteiger partial charge on any atom is -0.312 e. The molecule has 1 aliphatic heterocycles. The molecule has 0 aromatic carbocycles. The van der Waals surface area contributed by atoms with Gasteiger partial charge in [0.2, 0.25) is 0 Å². The maximum Gasteiger partial charge on any atom is 0.0419 e.